The molecule has 33 heavy (non-hydrogen) atoms. The summed E-state index contributed by atoms with van der Waals surface area (Å²) >= 11 is 0. The molecule has 3 aromatic rings. The van der Waals surface area contributed by atoms with Gasteiger partial charge in [-0.1, -0.05) is 5.21 Å². The van der Waals surface area contributed by atoms with Crippen molar-refractivity contribution < 1.29 is 22.3 Å². The number of hydrogen-bond acceptors (Lipinski definition) is 5. The fraction of sp³-hybridized carbons (Fsp3) is 0.435. The zero-order chi connectivity index (χ0) is 23.0. The van der Waals surface area contributed by atoms with E-state index in [0.29, 0.717) is 30.1 Å². The number of ether oxygens (including phenoxy) is 1. The first-order chi connectivity index (χ1) is 15.9. The van der Waals surface area contributed by atoms with Gasteiger partial charge < -0.3 is 10.1 Å². The number of nitrogens with one attached hydrogen (secondary N) is 1. The van der Waals surface area contributed by atoms with Gasteiger partial charge in [0.25, 0.3) is 0 Å². The third kappa shape index (κ3) is 4.77. The molecule has 6 nitrogen and oxygen atoms in total. The highest BCUT2D eigenvalue weighted by Gasteiger charge is 2.32. The number of nitrogens with zero attached hydrogens (tertiary/aromatic N) is 4. The summed E-state index contributed by atoms with van der Waals surface area (Å²) in [4.78, 5) is 4.40. The minimum atomic E-state index is -4.60. The zero-order valence-corrected chi connectivity index (χ0v) is 17.8. The number of aromatic nitrogens is 4. The van der Waals surface area contributed by atoms with Crippen LogP contribution in [0.5, 0.6) is 0 Å². The third-order valence-electron chi connectivity index (χ3n) is 6.12. The second-order valence-electron chi connectivity index (χ2n) is 8.55. The van der Waals surface area contributed by atoms with Crippen LogP contribution in [0.25, 0.3) is 5.82 Å². The summed E-state index contributed by atoms with van der Waals surface area (Å²) < 4.78 is 60.1. The Hall–Kier alpha value is -2.85. The lowest BCUT2D eigenvalue weighted by Crippen LogP contribution is -2.35. The van der Waals surface area contributed by atoms with Crippen LogP contribution in [0.1, 0.15) is 53.4 Å². The van der Waals surface area contributed by atoms with Crippen molar-refractivity contribution in [2.75, 3.05) is 13.2 Å². The van der Waals surface area contributed by atoms with Crippen LogP contribution in [0.2, 0.25) is 0 Å². The number of fused-ring (bicyclic) bond motifs is 1. The summed E-state index contributed by atoms with van der Waals surface area (Å²) in [5, 5.41) is 12.4. The van der Waals surface area contributed by atoms with Crippen LogP contribution in [0, 0.1) is 5.82 Å². The quantitative estimate of drug-likeness (QED) is 0.578. The maximum atomic E-state index is 13.8. The molecule has 2 aromatic heterocycles. The number of benzene rings is 1. The molecule has 0 bridgehead atoms. The molecule has 1 aliphatic carbocycles. The van der Waals surface area contributed by atoms with Gasteiger partial charge in [-0.3, -0.25) is 0 Å². The molecular weight excluding hydrogens is 438 g/mol. The highest BCUT2D eigenvalue weighted by atomic mass is 19.4. The Morgan fingerprint density at radius 2 is 2.00 bits per heavy atom. The van der Waals surface area contributed by atoms with Crippen molar-refractivity contribution >= 4 is 0 Å². The number of halogens is 4. The second kappa shape index (κ2) is 8.83. The van der Waals surface area contributed by atoms with Gasteiger partial charge in [0.15, 0.2) is 5.82 Å². The monoisotopic (exact) mass is 461 g/mol. The second-order valence-corrected chi connectivity index (χ2v) is 8.55. The minimum absolute atomic E-state index is 0.102. The molecule has 0 spiro atoms. The molecular formula is C23H23F4N5O. The van der Waals surface area contributed by atoms with E-state index in [4.69, 9.17) is 4.74 Å². The molecule has 174 valence electrons. The fourth-order valence-corrected chi connectivity index (χ4v) is 4.56. The van der Waals surface area contributed by atoms with Gasteiger partial charge in [-0.25, -0.2) is 9.37 Å². The van der Waals surface area contributed by atoms with Crippen molar-refractivity contribution in [1.82, 2.24) is 25.3 Å². The first kappa shape index (κ1) is 22.0. The maximum absolute atomic E-state index is 13.8. The normalized spacial score (nSPS) is 20.7. The molecule has 1 N–H and O–H groups in total. The summed E-state index contributed by atoms with van der Waals surface area (Å²) in [5.74, 6) is -0.371. The van der Waals surface area contributed by atoms with Gasteiger partial charge in [0.1, 0.15) is 11.5 Å². The van der Waals surface area contributed by atoms with Crippen molar-refractivity contribution in [3.63, 3.8) is 0 Å². The summed E-state index contributed by atoms with van der Waals surface area (Å²) in [6.45, 7) is 1.45. The molecule has 1 aliphatic heterocycles. The van der Waals surface area contributed by atoms with Gasteiger partial charge in [0.05, 0.1) is 23.9 Å². The zero-order valence-electron chi connectivity index (χ0n) is 17.8. The van der Waals surface area contributed by atoms with E-state index in [2.05, 4.69) is 20.6 Å². The van der Waals surface area contributed by atoms with Gasteiger partial charge >= 0.3 is 6.18 Å². The van der Waals surface area contributed by atoms with Crippen molar-refractivity contribution in [2.24, 2.45) is 0 Å². The van der Waals surface area contributed by atoms with Gasteiger partial charge in [0.2, 0.25) is 0 Å². The molecule has 2 unspecified atom stereocenters. The smallest absolute Gasteiger partial charge is 0.380 e. The Kier molecular flexibility index (Phi) is 5.88. The maximum Gasteiger partial charge on any atom is 0.416 e. The highest BCUT2D eigenvalue weighted by Crippen LogP contribution is 2.32. The Balaban J connectivity index is 1.39. The van der Waals surface area contributed by atoms with E-state index in [1.807, 2.05) is 0 Å². The fourth-order valence-electron chi connectivity index (χ4n) is 4.56. The van der Waals surface area contributed by atoms with E-state index >= 15 is 0 Å². The summed E-state index contributed by atoms with van der Waals surface area (Å²) in [6, 6.07) is 6.47. The molecule has 2 atom stereocenters. The highest BCUT2D eigenvalue weighted by molar-refractivity contribution is 5.36. The molecule has 1 aromatic carbocycles. The predicted octanol–water partition coefficient (Wildman–Crippen LogP) is 4.17. The summed E-state index contributed by atoms with van der Waals surface area (Å²) in [7, 11) is 0. The molecule has 1 saturated heterocycles. The number of alkyl halides is 3. The van der Waals surface area contributed by atoms with E-state index in [0.717, 1.165) is 55.8 Å². The van der Waals surface area contributed by atoms with Crippen LogP contribution in [0.15, 0.2) is 36.5 Å². The van der Waals surface area contributed by atoms with E-state index < -0.39 is 17.6 Å². The van der Waals surface area contributed by atoms with Crippen molar-refractivity contribution in [1.29, 1.82) is 0 Å². The Morgan fingerprint density at radius 1 is 1.12 bits per heavy atom. The molecule has 3 heterocycles. The van der Waals surface area contributed by atoms with Crippen LogP contribution in [0.4, 0.5) is 17.6 Å². The minimum Gasteiger partial charge on any atom is -0.380 e. The molecule has 5 rings (SSSR count). The number of pyridine rings is 1. The average molecular weight is 461 g/mol. The number of rotatable bonds is 5. The van der Waals surface area contributed by atoms with E-state index in [1.165, 1.54) is 0 Å². The predicted molar refractivity (Wildman–Crippen MR) is 111 cm³/mol. The Labute approximate surface area is 188 Å². The lowest BCUT2D eigenvalue weighted by Gasteiger charge is -2.25. The average Bonchev–Trinajstić information content (AvgIpc) is 3.43. The Morgan fingerprint density at radius 3 is 2.79 bits per heavy atom. The standard InChI is InChI=1S/C23H23F4N5O/c24-17-10-15(9-16(12-17)23(25,26)27)8-14-4-6-28-21(11-14)32-20-3-1-2-19(22(20)30-31-32)29-18-5-7-33-13-18/h4,6,9-12,18-19,29H,1-3,5,7-8,13H2. The number of hydrogen-bond donors (Lipinski definition) is 1. The van der Waals surface area contributed by atoms with Gasteiger partial charge in [-0.2, -0.15) is 17.9 Å². The molecule has 1 fully saturated rings. The molecule has 0 saturated carbocycles. The molecule has 2 aliphatic rings. The third-order valence-corrected chi connectivity index (χ3v) is 6.12. The lowest BCUT2D eigenvalue weighted by atomic mass is 9.95. The summed E-state index contributed by atoms with van der Waals surface area (Å²) in [6.07, 6.45) is 0.850. The van der Waals surface area contributed by atoms with Gasteiger partial charge in [-0.15, -0.1) is 5.10 Å². The lowest BCUT2D eigenvalue weighted by molar-refractivity contribution is -0.137. The van der Waals surface area contributed by atoms with Crippen LogP contribution < -0.4 is 5.32 Å². The first-order valence-electron chi connectivity index (χ1n) is 11.0. The molecule has 10 heteroatoms. The Bertz CT molecular complexity index is 1140. The molecule has 0 radical (unpaired) electrons. The van der Waals surface area contributed by atoms with E-state index in [9.17, 15) is 17.6 Å². The SMILES string of the molecule is Fc1cc(Cc2ccnc(-n3nnc4c3CCCC4NC3CCOC3)c2)cc(C(F)(F)F)c1. The van der Waals surface area contributed by atoms with Crippen molar-refractivity contribution in [3.8, 4) is 5.82 Å². The van der Waals surface area contributed by atoms with Crippen LogP contribution in [-0.4, -0.2) is 39.2 Å². The molecule has 0 amide bonds. The van der Waals surface area contributed by atoms with Crippen LogP contribution >= 0.6 is 0 Å². The largest absolute Gasteiger partial charge is 0.416 e. The summed E-state index contributed by atoms with van der Waals surface area (Å²) in [5.41, 5.74) is 1.83. The topological polar surface area (TPSA) is 64.9 Å². The van der Waals surface area contributed by atoms with E-state index in [1.54, 1.807) is 23.0 Å². The van der Waals surface area contributed by atoms with Crippen molar-refractivity contribution in [3.05, 3.63) is 70.4 Å². The van der Waals surface area contributed by atoms with Crippen LogP contribution in [0.3, 0.4) is 0 Å². The van der Waals surface area contributed by atoms with Crippen LogP contribution in [-0.2, 0) is 23.8 Å². The van der Waals surface area contributed by atoms with Gasteiger partial charge in [0, 0.05) is 18.8 Å². The van der Waals surface area contributed by atoms with Gasteiger partial charge in [-0.05, 0) is 73.6 Å². The van der Waals surface area contributed by atoms with Crippen molar-refractivity contribution in [2.45, 2.75) is 50.4 Å². The van der Waals surface area contributed by atoms with E-state index in [-0.39, 0.29) is 18.0 Å². The first-order valence-corrected chi connectivity index (χ1v) is 11.0.